The molecule has 2 aromatic heterocycles. The van der Waals surface area contributed by atoms with E-state index in [0.29, 0.717) is 18.2 Å². The highest BCUT2D eigenvalue weighted by molar-refractivity contribution is 5.96. The number of H-pyrrole nitrogens is 1. The van der Waals surface area contributed by atoms with E-state index < -0.39 is 0 Å². The van der Waals surface area contributed by atoms with E-state index in [-0.39, 0.29) is 11.8 Å². The molecule has 2 aliphatic heterocycles. The molecule has 5 rings (SSSR count). The Morgan fingerprint density at radius 2 is 2.00 bits per heavy atom. The van der Waals surface area contributed by atoms with Crippen LogP contribution < -0.4 is 4.90 Å². The number of aromatic nitrogens is 4. The second-order valence-electron chi connectivity index (χ2n) is 8.86. The van der Waals surface area contributed by atoms with Crippen LogP contribution in [0.3, 0.4) is 0 Å². The predicted molar refractivity (Wildman–Crippen MR) is 121 cm³/mol. The van der Waals surface area contributed by atoms with E-state index in [0.717, 1.165) is 55.7 Å². The Kier molecular flexibility index (Phi) is 5.28. The van der Waals surface area contributed by atoms with Crippen molar-refractivity contribution in [2.75, 3.05) is 25.0 Å². The van der Waals surface area contributed by atoms with E-state index >= 15 is 0 Å². The monoisotopic (exact) mass is 432 g/mol. The predicted octanol–water partition coefficient (Wildman–Crippen LogP) is 2.81. The van der Waals surface area contributed by atoms with Crippen LogP contribution in [0.25, 0.3) is 11.3 Å². The summed E-state index contributed by atoms with van der Waals surface area (Å²) >= 11 is 0. The zero-order valence-corrected chi connectivity index (χ0v) is 18.5. The van der Waals surface area contributed by atoms with Crippen molar-refractivity contribution >= 4 is 17.5 Å². The third kappa shape index (κ3) is 3.70. The Morgan fingerprint density at radius 3 is 2.75 bits per heavy atom. The lowest BCUT2D eigenvalue weighted by atomic mass is 9.89. The molecule has 8 nitrogen and oxygen atoms in total. The summed E-state index contributed by atoms with van der Waals surface area (Å²) in [5, 5.41) is 7.58. The van der Waals surface area contributed by atoms with E-state index in [1.165, 1.54) is 11.1 Å². The summed E-state index contributed by atoms with van der Waals surface area (Å²) in [5.74, 6) is 1.19. The average Bonchev–Trinajstić information content (AvgIpc) is 3.45. The van der Waals surface area contributed by atoms with Crippen molar-refractivity contribution in [2.24, 2.45) is 13.0 Å². The number of rotatable bonds is 4. The molecular formula is C24H28N6O2. The van der Waals surface area contributed by atoms with Crippen molar-refractivity contribution in [1.29, 1.82) is 0 Å². The highest BCUT2D eigenvalue weighted by atomic mass is 16.2. The molecule has 1 saturated heterocycles. The van der Waals surface area contributed by atoms with Crippen LogP contribution in [0.5, 0.6) is 0 Å². The summed E-state index contributed by atoms with van der Waals surface area (Å²) in [6.07, 6.45) is 9.66. The van der Waals surface area contributed by atoms with Gasteiger partial charge in [0, 0.05) is 63.4 Å². The molecule has 1 aromatic carbocycles. The summed E-state index contributed by atoms with van der Waals surface area (Å²) in [5.41, 5.74) is 5.47. The fourth-order valence-electron chi connectivity index (χ4n) is 4.89. The number of carbonyl (C=O) groups excluding carboxylic acids is 2. The quantitative estimate of drug-likeness (QED) is 0.687. The number of aryl methyl sites for hydroxylation is 2. The topological polar surface area (TPSA) is 87.1 Å². The Labute approximate surface area is 187 Å². The third-order valence-corrected chi connectivity index (χ3v) is 6.84. The van der Waals surface area contributed by atoms with Gasteiger partial charge in [0.15, 0.2) is 5.82 Å². The molecule has 0 unspecified atom stereocenters. The van der Waals surface area contributed by atoms with Gasteiger partial charge in [0.25, 0.3) is 5.91 Å². The number of fused-ring (bicyclic) bond motifs is 1. The maximum atomic E-state index is 12.7. The Morgan fingerprint density at radius 1 is 1.19 bits per heavy atom. The molecule has 1 fully saturated rings. The van der Waals surface area contributed by atoms with E-state index in [9.17, 15) is 9.59 Å². The molecule has 0 saturated carbocycles. The van der Waals surface area contributed by atoms with Crippen LogP contribution in [0.2, 0.25) is 0 Å². The molecular weight excluding hydrogens is 404 g/mol. The minimum absolute atomic E-state index is 0.0115. The van der Waals surface area contributed by atoms with Gasteiger partial charge < -0.3 is 14.4 Å². The molecule has 2 amide bonds. The Balaban J connectivity index is 1.26. The minimum atomic E-state index is 0.0115. The summed E-state index contributed by atoms with van der Waals surface area (Å²) in [6, 6.07) is 6.26. The molecule has 4 heterocycles. The number of anilines is 1. The summed E-state index contributed by atoms with van der Waals surface area (Å²) in [4.78, 5) is 32.5. The zero-order chi connectivity index (χ0) is 22.2. The number of aromatic amines is 1. The first-order chi connectivity index (χ1) is 15.5. The van der Waals surface area contributed by atoms with Gasteiger partial charge in [-0.15, -0.1) is 0 Å². The van der Waals surface area contributed by atoms with Crippen LogP contribution >= 0.6 is 0 Å². The van der Waals surface area contributed by atoms with Crippen molar-refractivity contribution in [3.63, 3.8) is 0 Å². The van der Waals surface area contributed by atoms with Crippen molar-refractivity contribution in [1.82, 2.24) is 24.6 Å². The maximum Gasteiger partial charge on any atom is 0.289 e. The summed E-state index contributed by atoms with van der Waals surface area (Å²) < 4.78 is 1.78. The fourth-order valence-corrected chi connectivity index (χ4v) is 4.89. The lowest BCUT2D eigenvalue weighted by Crippen LogP contribution is -2.39. The van der Waals surface area contributed by atoms with E-state index in [4.69, 9.17) is 0 Å². The maximum absolute atomic E-state index is 12.7. The molecule has 0 aliphatic carbocycles. The van der Waals surface area contributed by atoms with Crippen LogP contribution in [0.1, 0.15) is 41.0 Å². The molecule has 0 spiro atoms. The second kappa shape index (κ2) is 8.26. The van der Waals surface area contributed by atoms with Crippen molar-refractivity contribution in [3.8, 4) is 11.3 Å². The number of benzene rings is 1. The van der Waals surface area contributed by atoms with Gasteiger partial charge in [0.2, 0.25) is 5.91 Å². The zero-order valence-electron chi connectivity index (χ0n) is 18.5. The van der Waals surface area contributed by atoms with Crippen LogP contribution in [0, 0.1) is 5.92 Å². The molecule has 166 valence electrons. The van der Waals surface area contributed by atoms with Gasteiger partial charge in [0.05, 0.1) is 5.69 Å². The van der Waals surface area contributed by atoms with Crippen LogP contribution in [-0.2, 0) is 24.7 Å². The molecule has 32 heavy (non-hydrogen) atoms. The number of carbonyl (C=O) groups is 2. The smallest absolute Gasteiger partial charge is 0.289 e. The standard InChI is InChI=1S/C24H28N6O2/c1-28-12-9-25-23(28)24(32)30-10-7-16(8-11-30)13-19-15-26-27-22(19)18-3-5-20-17(14-18)4-6-21(31)29(20)2/h3,5,9,12,14-16H,4,6-8,10-11,13H2,1-2H3,(H,26,27). The number of hydrogen-bond acceptors (Lipinski definition) is 4. The second-order valence-corrected chi connectivity index (χ2v) is 8.86. The minimum Gasteiger partial charge on any atom is -0.336 e. The van der Waals surface area contributed by atoms with Gasteiger partial charge in [0.1, 0.15) is 0 Å². The normalized spacial score (nSPS) is 17.0. The molecule has 8 heteroatoms. The number of nitrogens with one attached hydrogen (secondary N) is 1. The van der Waals surface area contributed by atoms with Crippen molar-refractivity contribution in [3.05, 3.63) is 53.7 Å². The molecule has 0 bridgehead atoms. The number of nitrogens with zero attached hydrogens (tertiary/aromatic N) is 5. The Bertz CT molecular complexity index is 1150. The van der Waals surface area contributed by atoms with Gasteiger partial charge in [-0.2, -0.15) is 5.10 Å². The van der Waals surface area contributed by atoms with Gasteiger partial charge in [-0.05, 0) is 54.9 Å². The molecule has 2 aliphatic rings. The van der Waals surface area contributed by atoms with Gasteiger partial charge in [-0.3, -0.25) is 14.7 Å². The number of amides is 2. The number of likely N-dealkylation sites (tertiary alicyclic amines) is 1. The molecule has 1 N–H and O–H groups in total. The summed E-state index contributed by atoms with van der Waals surface area (Å²) in [6.45, 7) is 1.51. The molecule has 0 atom stereocenters. The lowest BCUT2D eigenvalue weighted by molar-refractivity contribution is -0.118. The highest BCUT2D eigenvalue weighted by Gasteiger charge is 2.27. The first kappa shape index (κ1) is 20.5. The average molecular weight is 433 g/mol. The Hall–Kier alpha value is -3.42. The lowest BCUT2D eigenvalue weighted by Gasteiger charge is -2.31. The van der Waals surface area contributed by atoms with Crippen LogP contribution in [0.15, 0.2) is 36.8 Å². The van der Waals surface area contributed by atoms with E-state index in [1.54, 1.807) is 21.9 Å². The van der Waals surface area contributed by atoms with Crippen molar-refractivity contribution in [2.45, 2.75) is 32.1 Å². The van der Waals surface area contributed by atoms with Gasteiger partial charge in [-0.25, -0.2) is 4.98 Å². The SMILES string of the molecule is CN1C(=O)CCc2cc(-c3n[nH]cc3CC3CCN(C(=O)c4nccn4C)CC3)ccc21. The third-order valence-electron chi connectivity index (χ3n) is 6.84. The highest BCUT2D eigenvalue weighted by Crippen LogP contribution is 2.33. The fraction of sp³-hybridized carbons (Fsp3) is 0.417. The molecule has 0 radical (unpaired) electrons. The van der Waals surface area contributed by atoms with E-state index in [2.05, 4.69) is 27.3 Å². The number of imidazole rings is 1. The van der Waals surface area contributed by atoms with Crippen LogP contribution in [0.4, 0.5) is 5.69 Å². The first-order valence-electron chi connectivity index (χ1n) is 11.2. The summed E-state index contributed by atoms with van der Waals surface area (Å²) in [7, 11) is 3.69. The van der Waals surface area contributed by atoms with Crippen molar-refractivity contribution < 1.29 is 9.59 Å². The molecule has 3 aromatic rings. The first-order valence-corrected chi connectivity index (χ1v) is 11.2. The van der Waals surface area contributed by atoms with Gasteiger partial charge >= 0.3 is 0 Å². The van der Waals surface area contributed by atoms with E-state index in [1.807, 2.05) is 31.3 Å². The number of piperidine rings is 1. The number of hydrogen-bond donors (Lipinski definition) is 1. The largest absolute Gasteiger partial charge is 0.336 e. The van der Waals surface area contributed by atoms with Crippen LogP contribution in [-0.4, -0.2) is 56.6 Å². The van der Waals surface area contributed by atoms with Gasteiger partial charge in [-0.1, -0.05) is 6.07 Å².